The molecule has 1 saturated carbocycles. The minimum Gasteiger partial charge on any atom is -0.489 e. The van der Waals surface area contributed by atoms with Gasteiger partial charge in [-0.05, 0) is 51.5 Å². The number of allylic oxidation sites excluding steroid dienone is 1. The number of ether oxygens (including phenoxy) is 1. The smallest absolute Gasteiger partial charge is 0.138 e. The van der Waals surface area contributed by atoms with Crippen molar-refractivity contribution in [1.29, 1.82) is 0 Å². The molecule has 0 aromatic carbocycles. The molecule has 0 radical (unpaired) electrons. The number of fused-ring (bicyclic) bond motifs is 3. The molecule has 146 valence electrons. The van der Waals surface area contributed by atoms with E-state index < -0.39 is 0 Å². The minimum atomic E-state index is 0.331. The number of anilines is 1. The molecule has 0 spiro atoms. The van der Waals surface area contributed by atoms with E-state index in [0.717, 1.165) is 62.9 Å². The van der Waals surface area contributed by atoms with E-state index in [-0.39, 0.29) is 0 Å². The molecule has 0 N–H and O–H groups in total. The van der Waals surface area contributed by atoms with Crippen LogP contribution in [0.15, 0.2) is 24.2 Å². The van der Waals surface area contributed by atoms with Gasteiger partial charge in [0.1, 0.15) is 17.7 Å². The van der Waals surface area contributed by atoms with Gasteiger partial charge in [0.05, 0.1) is 6.20 Å². The van der Waals surface area contributed by atoms with Gasteiger partial charge in [0.15, 0.2) is 0 Å². The number of rotatable bonds is 5. The first-order valence-corrected chi connectivity index (χ1v) is 10.8. The summed E-state index contributed by atoms with van der Waals surface area (Å²) >= 11 is 0. The molecule has 5 nitrogen and oxygen atoms in total. The Kier molecular flexibility index (Phi) is 4.50. The van der Waals surface area contributed by atoms with Crippen LogP contribution in [0.2, 0.25) is 0 Å². The van der Waals surface area contributed by atoms with E-state index >= 15 is 0 Å². The van der Waals surface area contributed by atoms with Crippen LogP contribution in [0.5, 0.6) is 5.75 Å². The molecule has 5 rings (SSSR count). The fourth-order valence-corrected chi connectivity index (χ4v) is 4.69. The summed E-state index contributed by atoms with van der Waals surface area (Å²) in [5.41, 5.74) is 2.73. The lowest BCUT2D eigenvalue weighted by molar-refractivity contribution is 0.0840. The number of piperidine rings is 1. The average molecular weight is 369 g/mol. The number of pyridine rings is 1. The second-order valence-corrected chi connectivity index (χ2v) is 8.99. The molecule has 27 heavy (non-hydrogen) atoms. The Morgan fingerprint density at radius 2 is 1.93 bits per heavy atom. The predicted octanol–water partition coefficient (Wildman–Crippen LogP) is 3.26. The summed E-state index contributed by atoms with van der Waals surface area (Å²) < 4.78 is 6.31. The van der Waals surface area contributed by atoms with Gasteiger partial charge in [-0.3, -0.25) is 0 Å². The third-order valence-corrected chi connectivity index (χ3v) is 6.53. The summed E-state index contributed by atoms with van der Waals surface area (Å²) in [6, 6.07) is 2.87. The van der Waals surface area contributed by atoms with Gasteiger partial charge in [-0.2, -0.15) is 0 Å². The van der Waals surface area contributed by atoms with Gasteiger partial charge in [0.25, 0.3) is 0 Å². The van der Waals surface area contributed by atoms with E-state index in [4.69, 9.17) is 9.72 Å². The Labute approximate surface area is 163 Å². The van der Waals surface area contributed by atoms with E-state index in [9.17, 15) is 0 Å². The zero-order valence-electron chi connectivity index (χ0n) is 16.7. The fraction of sp³-hybridized carbons (Fsp3) is 0.682. The van der Waals surface area contributed by atoms with Crippen molar-refractivity contribution in [3.63, 3.8) is 0 Å². The van der Waals surface area contributed by atoms with Crippen molar-refractivity contribution in [3.05, 3.63) is 29.7 Å². The van der Waals surface area contributed by atoms with Crippen molar-refractivity contribution in [2.24, 2.45) is 5.92 Å². The van der Waals surface area contributed by atoms with Gasteiger partial charge in [-0.1, -0.05) is 0 Å². The molecule has 4 aliphatic rings. The normalized spacial score (nSPS) is 23.4. The SMILES string of the molecule is CC(C)N1CCC(Oc2cnc3c(c2)CC2=CN(CC4CC4)CCN23)CC1. The Hall–Kier alpha value is -1.75. The fourth-order valence-electron chi connectivity index (χ4n) is 4.69. The summed E-state index contributed by atoms with van der Waals surface area (Å²) in [6.45, 7) is 10.3. The van der Waals surface area contributed by atoms with Gasteiger partial charge in [-0.15, -0.1) is 0 Å². The van der Waals surface area contributed by atoms with Crippen LogP contribution in [0.25, 0.3) is 0 Å². The van der Waals surface area contributed by atoms with Gasteiger partial charge >= 0.3 is 0 Å². The zero-order valence-corrected chi connectivity index (χ0v) is 16.7. The third-order valence-electron chi connectivity index (χ3n) is 6.53. The summed E-state index contributed by atoms with van der Waals surface area (Å²) in [6.07, 6.45) is 10.7. The number of nitrogens with zero attached hydrogens (tertiary/aromatic N) is 4. The molecular weight excluding hydrogens is 336 g/mol. The molecule has 1 aromatic heterocycles. The average Bonchev–Trinajstić information content (AvgIpc) is 3.40. The number of aromatic nitrogens is 1. The maximum atomic E-state index is 6.31. The molecule has 2 fully saturated rings. The van der Waals surface area contributed by atoms with Crippen LogP contribution in [0.1, 0.15) is 45.1 Å². The summed E-state index contributed by atoms with van der Waals surface area (Å²) in [5.74, 6) is 3.04. The standard InChI is InChI=1S/C22H32N4O/c1-16(2)25-7-5-20(6-8-25)27-21-12-18-11-19-15-24(14-17-3-4-17)9-10-26(19)22(18)23-13-21/h12-13,15-17,20H,3-11,14H2,1-2H3. The maximum Gasteiger partial charge on any atom is 0.138 e. The molecule has 1 aromatic rings. The van der Waals surface area contributed by atoms with Gasteiger partial charge in [-0.25, -0.2) is 4.98 Å². The van der Waals surface area contributed by atoms with E-state index in [2.05, 4.69) is 40.8 Å². The van der Waals surface area contributed by atoms with Crippen LogP contribution in [0.3, 0.4) is 0 Å². The first kappa shape index (κ1) is 17.4. The predicted molar refractivity (Wildman–Crippen MR) is 108 cm³/mol. The van der Waals surface area contributed by atoms with Gasteiger partial charge in [0, 0.05) is 62.6 Å². The second kappa shape index (κ2) is 7.01. The van der Waals surface area contributed by atoms with Crippen LogP contribution in [-0.4, -0.2) is 59.7 Å². The molecule has 0 amide bonds. The highest BCUT2D eigenvalue weighted by atomic mass is 16.5. The lowest BCUT2D eigenvalue weighted by atomic mass is 10.1. The van der Waals surface area contributed by atoms with Gasteiger partial charge < -0.3 is 19.4 Å². The Bertz CT molecular complexity index is 719. The van der Waals surface area contributed by atoms with Crippen molar-refractivity contribution in [2.75, 3.05) is 37.6 Å². The van der Waals surface area contributed by atoms with Crippen molar-refractivity contribution in [3.8, 4) is 5.75 Å². The number of hydrogen-bond donors (Lipinski definition) is 0. The zero-order chi connectivity index (χ0) is 18.4. The summed E-state index contributed by atoms with van der Waals surface area (Å²) in [4.78, 5) is 12.3. The third kappa shape index (κ3) is 3.66. The van der Waals surface area contributed by atoms with E-state index in [1.165, 1.54) is 30.6 Å². The topological polar surface area (TPSA) is 31.8 Å². The van der Waals surface area contributed by atoms with Crippen LogP contribution in [-0.2, 0) is 6.42 Å². The van der Waals surface area contributed by atoms with Gasteiger partial charge in [0.2, 0.25) is 0 Å². The Balaban J connectivity index is 1.23. The van der Waals surface area contributed by atoms with Crippen LogP contribution < -0.4 is 9.64 Å². The van der Waals surface area contributed by atoms with E-state index in [1.54, 1.807) is 0 Å². The molecule has 5 heteroatoms. The maximum absolute atomic E-state index is 6.31. The first-order chi connectivity index (χ1) is 13.2. The van der Waals surface area contributed by atoms with Crippen LogP contribution in [0.4, 0.5) is 5.82 Å². The Morgan fingerprint density at radius 1 is 1.11 bits per heavy atom. The summed E-state index contributed by atoms with van der Waals surface area (Å²) in [5, 5.41) is 0. The van der Waals surface area contributed by atoms with Crippen molar-refractivity contribution in [1.82, 2.24) is 14.8 Å². The van der Waals surface area contributed by atoms with Crippen LogP contribution in [0, 0.1) is 5.92 Å². The molecule has 1 saturated heterocycles. The lowest BCUT2D eigenvalue weighted by Crippen LogP contribution is -2.41. The second-order valence-electron chi connectivity index (χ2n) is 8.99. The van der Waals surface area contributed by atoms with E-state index in [0.29, 0.717) is 12.1 Å². The molecule has 4 heterocycles. The highest BCUT2D eigenvalue weighted by Crippen LogP contribution is 2.37. The monoisotopic (exact) mass is 368 g/mol. The van der Waals surface area contributed by atoms with Crippen molar-refractivity contribution >= 4 is 5.82 Å². The minimum absolute atomic E-state index is 0.331. The number of hydrogen-bond acceptors (Lipinski definition) is 5. The molecule has 0 atom stereocenters. The molecular formula is C22H32N4O. The molecule has 3 aliphatic heterocycles. The van der Waals surface area contributed by atoms with Crippen molar-refractivity contribution < 1.29 is 4.74 Å². The number of likely N-dealkylation sites (tertiary alicyclic amines) is 1. The first-order valence-electron chi connectivity index (χ1n) is 10.8. The summed E-state index contributed by atoms with van der Waals surface area (Å²) in [7, 11) is 0. The van der Waals surface area contributed by atoms with Crippen molar-refractivity contribution in [2.45, 2.75) is 58.1 Å². The highest BCUT2D eigenvalue weighted by molar-refractivity contribution is 5.62. The quantitative estimate of drug-likeness (QED) is 0.796. The van der Waals surface area contributed by atoms with E-state index in [1.807, 2.05) is 6.20 Å². The molecule has 1 aliphatic carbocycles. The Morgan fingerprint density at radius 3 is 2.67 bits per heavy atom. The molecule has 0 bridgehead atoms. The lowest BCUT2D eigenvalue weighted by Gasteiger charge is -2.34. The highest BCUT2D eigenvalue weighted by Gasteiger charge is 2.32. The largest absolute Gasteiger partial charge is 0.489 e. The molecule has 0 unspecified atom stereocenters. The van der Waals surface area contributed by atoms with Crippen LogP contribution >= 0.6 is 0 Å².